The number of alkyl halides is 3. The average Bonchev–Trinajstić information content (AvgIpc) is 3.31. The molecule has 1 fully saturated rings. The maximum atomic E-state index is 12.7. The number of carbonyl (C=O) groups excluding carboxylic acids is 1. The fourth-order valence-corrected chi connectivity index (χ4v) is 4.30. The number of benzene rings is 2. The SMILES string of the molecule is COC(=O)C[C@H]1CC[C@H](c2ccc(-c3ccc(-c4nc(C(F)(F)F)n[nH]4)cc3)cc2)CC1. The van der Waals surface area contributed by atoms with Crippen molar-refractivity contribution in [3.05, 3.63) is 59.9 Å². The number of hydrogen-bond acceptors (Lipinski definition) is 4. The van der Waals surface area contributed by atoms with Gasteiger partial charge in [-0.25, -0.2) is 4.98 Å². The Morgan fingerprint density at radius 2 is 1.53 bits per heavy atom. The van der Waals surface area contributed by atoms with Crippen LogP contribution in [0, 0.1) is 5.92 Å². The summed E-state index contributed by atoms with van der Waals surface area (Å²) < 4.78 is 42.8. The molecule has 0 aliphatic heterocycles. The van der Waals surface area contributed by atoms with E-state index < -0.39 is 12.0 Å². The van der Waals surface area contributed by atoms with E-state index in [0.717, 1.165) is 36.8 Å². The van der Waals surface area contributed by atoms with E-state index in [9.17, 15) is 18.0 Å². The zero-order valence-corrected chi connectivity index (χ0v) is 17.7. The van der Waals surface area contributed by atoms with Gasteiger partial charge in [-0.2, -0.15) is 13.2 Å². The first-order valence-electron chi connectivity index (χ1n) is 10.6. The van der Waals surface area contributed by atoms with Gasteiger partial charge in [0.25, 0.3) is 5.82 Å². The first-order valence-corrected chi connectivity index (χ1v) is 10.6. The fourth-order valence-electron chi connectivity index (χ4n) is 4.30. The van der Waals surface area contributed by atoms with E-state index >= 15 is 0 Å². The van der Waals surface area contributed by atoms with Crippen LogP contribution in [0.25, 0.3) is 22.5 Å². The molecule has 0 spiro atoms. The van der Waals surface area contributed by atoms with Gasteiger partial charge in [0, 0.05) is 12.0 Å². The van der Waals surface area contributed by atoms with Crippen LogP contribution in [0.2, 0.25) is 0 Å². The van der Waals surface area contributed by atoms with Gasteiger partial charge < -0.3 is 4.74 Å². The maximum absolute atomic E-state index is 12.7. The van der Waals surface area contributed by atoms with Crippen molar-refractivity contribution in [2.45, 2.75) is 44.2 Å². The Balaban J connectivity index is 1.39. The van der Waals surface area contributed by atoms with Gasteiger partial charge in [0.15, 0.2) is 5.82 Å². The summed E-state index contributed by atoms with van der Waals surface area (Å²) in [5.74, 6) is -0.316. The highest BCUT2D eigenvalue weighted by atomic mass is 19.4. The minimum atomic E-state index is -4.57. The Labute approximate surface area is 184 Å². The minimum Gasteiger partial charge on any atom is -0.469 e. The number of nitrogens with zero attached hydrogens (tertiary/aromatic N) is 2. The summed E-state index contributed by atoms with van der Waals surface area (Å²) in [6, 6.07) is 15.6. The second kappa shape index (κ2) is 9.14. The highest BCUT2D eigenvalue weighted by Crippen LogP contribution is 2.38. The standard InChI is InChI=1S/C24H24F3N3O2/c1-32-21(31)14-15-2-4-16(5-3-15)17-6-8-18(9-7-17)19-10-12-20(13-11-19)22-28-23(30-29-22)24(25,26)27/h6-13,15-16H,2-5,14H2,1H3,(H,28,29,30)/t15-,16-. The van der Waals surface area contributed by atoms with E-state index in [-0.39, 0.29) is 11.8 Å². The summed E-state index contributed by atoms with van der Waals surface area (Å²) in [6.07, 6.45) is 0.113. The molecular weight excluding hydrogens is 419 g/mol. The molecule has 32 heavy (non-hydrogen) atoms. The molecule has 0 atom stereocenters. The third kappa shape index (κ3) is 5.00. The summed E-state index contributed by atoms with van der Waals surface area (Å²) in [5.41, 5.74) is 3.84. The highest BCUT2D eigenvalue weighted by Gasteiger charge is 2.36. The largest absolute Gasteiger partial charge is 0.469 e. The van der Waals surface area contributed by atoms with Crippen LogP contribution in [0.4, 0.5) is 13.2 Å². The number of methoxy groups -OCH3 is 1. The smallest absolute Gasteiger partial charge is 0.453 e. The van der Waals surface area contributed by atoms with Gasteiger partial charge >= 0.3 is 12.1 Å². The minimum absolute atomic E-state index is 0.0852. The van der Waals surface area contributed by atoms with Gasteiger partial charge in [-0.05, 0) is 54.2 Å². The molecule has 2 aromatic carbocycles. The van der Waals surface area contributed by atoms with Crippen LogP contribution < -0.4 is 0 Å². The van der Waals surface area contributed by atoms with Crippen LogP contribution in [0.1, 0.15) is 49.4 Å². The van der Waals surface area contributed by atoms with E-state index in [1.807, 2.05) is 12.1 Å². The Kier molecular flexibility index (Phi) is 6.30. The first kappa shape index (κ1) is 22.0. The number of halogens is 3. The van der Waals surface area contributed by atoms with Gasteiger partial charge in [-0.15, -0.1) is 5.10 Å². The maximum Gasteiger partial charge on any atom is 0.453 e. The summed E-state index contributed by atoms with van der Waals surface area (Å²) in [6.45, 7) is 0. The Morgan fingerprint density at radius 1 is 0.969 bits per heavy atom. The number of aromatic nitrogens is 3. The van der Waals surface area contributed by atoms with Crippen LogP contribution in [0.15, 0.2) is 48.5 Å². The Hall–Kier alpha value is -3.16. The average molecular weight is 443 g/mol. The molecule has 8 heteroatoms. The molecule has 1 saturated carbocycles. The molecule has 3 aromatic rings. The molecular formula is C24H24F3N3O2. The van der Waals surface area contributed by atoms with Crippen LogP contribution in [0.3, 0.4) is 0 Å². The molecule has 0 radical (unpaired) electrons. The number of hydrogen-bond donors (Lipinski definition) is 1. The third-order valence-corrected chi connectivity index (χ3v) is 6.14. The molecule has 5 nitrogen and oxygen atoms in total. The second-order valence-corrected chi connectivity index (χ2v) is 8.20. The van der Waals surface area contributed by atoms with E-state index in [0.29, 0.717) is 23.8 Å². The topological polar surface area (TPSA) is 67.9 Å². The number of rotatable bonds is 5. The number of nitrogens with one attached hydrogen (secondary N) is 1. The lowest BCUT2D eigenvalue weighted by atomic mass is 9.77. The van der Waals surface area contributed by atoms with Crippen molar-refractivity contribution in [3.8, 4) is 22.5 Å². The van der Waals surface area contributed by atoms with Gasteiger partial charge in [0.05, 0.1) is 7.11 Å². The second-order valence-electron chi connectivity index (χ2n) is 8.20. The van der Waals surface area contributed by atoms with E-state index in [1.165, 1.54) is 12.7 Å². The predicted molar refractivity (Wildman–Crippen MR) is 114 cm³/mol. The number of esters is 1. The Bertz CT molecular complexity index is 1050. The molecule has 4 rings (SSSR count). The molecule has 1 aliphatic carbocycles. The number of aromatic amines is 1. The molecule has 1 aliphatic rings. The lowest BCUT2D eigenvalue weighted by Crippen LogP contribution is -2.17. The van der Waals surface area contributed by atoms with E-state index in [1.54, 1.807) is 12.1 Å². The van der Waals surface area contributed by atoms with E-state index in [4.69, 9.17) is 4.74 Å². The van der Waals surface area contributed by atoms with Crippen molar-refractivity contribution >= 4 is 5.97 Å². The van der Waals surface area contributed by atoms with Crippen molar-refractivity contribution in [1.82, 2.24) is 15.2 Å². The van der Waals surface area contributed by atoms with Crippen LogP contribution in [0.5, 0.6) is 0 Å². The summed E-state index contributed by atoms with van der Waals surface area (Å²) >= 11 is 0. The molecule has 0 amide bonds. The molecule has 0 unspecified atom stereocenters. The molecule has 1 aromatic heterocycles. The zero-order chi connectivity index (χ0) is 22.7. The van der Waals surface area contributed by atoms with Gasteiger partial charge in [-0.1, -0.05) is 48.5 Å². The van der Waals surface area contributed by atoms with Crippen LogP contribution >= 0.6 is 0 Å². The summed E-state index contributed by atoms with van der Waals surface area (Å²) in [5, 5.41) is 5.58. The lowest BCUT2D eigenvalue weighted by molar-refractivity contribution is -0.144. The van der Waals surface area contributed by atoms with Crippen molar-refractivity contribution in [3.63, 3.8) is 0 Å². The lowest BCUT2D eigenvalue weighted by Gasteiger charge is -2.28. The number of H-pyrrole nitrogens is 1. The Morgan fingerprint density at radius 3 is 2.06 bits per heavy atom. The van der Waals surface area contributed by atoms with Crippen molar-refractivity contribution in [2.75, 3.05) is 7.11 Å². The van der Waals surface area contributed by atoms with Gasteiger partial charge in [0.2, 0.25) is 0 Å². The van der Waals surface area contributed by atoms with Crippen LogP contribution in [-0.2, 0) is 15.7 Å². The number of carbonyl (C=O) groups is 1. The zero-order valence-electron chi connectivity index (χ0n) is 17.7. The van der Waals surface area contributed by atoms with Crippen molar-refractivity contribution in [1.29, 1.82) is 0 Å². The van der Waals surface area contributed by atoms with Crippen molar-refractivity contribution < 1.29 is 22.7 Å². The predicted octanol–water partition coefficient (Wildman–Crippen LogP) is 5.99. The van der Waals surface area contributed by atoms with E-state index in [2.05, 4.69) is 39.4 Å². The number of ether oxygens (including phenoxy) is 1. The highest BCUT2D eigenvalue weighted by molar-refractivity contribution is 5.69. The van der Waals surface area contributed by atoms with Gasteiger partial charge in [0.1, 0.15) is 0 Å². The normalized spacial score (nSPS) is 19.0. The summed E-state index contributed by atoms with van der Waals surface area (Å²) in [4.78, 5) is 15.0. The third-order valence-electron chi connectivity index (χ3n) is 6.14. The van der Waals surface area contributed by atoms with Gasteiger partial charge in [-0.3, -0.25) is 9.89 Å². The molecule has 0 saturated heterocycles. The molecule has 168 valence electrons. The summed E-state index contributed by atoms with van der Waals surface area (Å²) in [7, 11) is 1.43. The molecule has 0 bridgehead atoms. The first-order chi connectivity index (χ1) is 15.3. The fraction of sp³-hybridized carbons (Fsp3) is 0.375. The quantitative estimate of drug-likeness (QED) is 0.492. The van der Waals surface area contributed by atoms with Crippen LogP contribution in [-0.4, -0.2) is 28.3 Å². The van der Waals surface area contributed by atoms with Crippen molar-refractivity contribution in [2.24, 2.45) is 5.92 Å². The molecule has 1 heterocycles. The monoisotopic (exact) mass is 443 g/mol. The molecule has 1 N–H and O–H groups in total.